The summed E-state index contributed by atoms with van der Waals surface area (Å²) in [5.74, 6) is -0.224. The van der Waals surface area contributed by atoms with Gasteiger partial charge in [-0.25, -0.2) is 0 Å². The van der Waals surface area contributed by atoms with E-state index in [0.29, 0.717) is 5.92 Å². The molecule has 0 aliphatic carbocycles. The minimum absolute atomic E-state index is 0.359. The molecule has 0 saturated heterocycles. The van der Waals surface area contributed by atoms with E-state index < -0.39 is 5.97 Å². The highest BCUT2D eigenvalue weighted by molar-refractivity contribution is 5.73. The molecule has 0 bridgehead atoms. The maximum atomic E-state index is 10.8. The van der Waals surface area contributed by atoms with Crippen molar-refractivity contribution in [3.05, 3.63) is 0 Å². The molecule has 3 heteroatoms. The normalized spacial score (nSPS) is 13.2. The van der Waals surface area contributed by atoms with Crippen LogP contribution in [-0.4, -0.2) is 23.7 Å². The SMILES string of the molecule is CCCCC(NCC(C)C)C(=O)O. The first-order chi connectivity index (χ1) is 6.07. The largest absolute Gasteiger partial charge is 0.480 e. The Morgan fingerprint density at radius 2 is 2.08 bits per heavy atom. The maximum Gasteiger partial charge on any atom is 0.320 e. The number of carboxylic acids is 1. The van der Waals surface area contributed by atoms with E-state index in [1.807, 2.05) is 0 Å². The predicted octanol–water partition coefficient (Wildman–Crippen LogP) is 1.88. The van der Waals surface area contributed by atoms with E-state index in [0.717, 1.165) is 25.8 Å². The fraction of sp³-hybridized carbons (Fsp3) is 0.900. The number of nitrogens with one attached hydrogen (secondary N) is 1. The zero-order valence-corrected chi connectivity index (χ0v) is 8.84. The summed E-state index contributed by atoms with van der Waals surface area (Å²) in [7, 11) is 0. The Hall–Kier alpha value is -0.570. The molecule has 3 nitrogen and oxygen atoms in total. The van der Waals surface area contributed by atoms with Gasteiger partial charge in [-0.1, -0.05) is 33.6 Å². The van der Waals surface area contributed by atoms with Crippen molar-refractivity contribution in [3.8, 4) is 0 Å². The Kier molecular flexibility index (Phi) is 6.59. The first kappa shape index (κ1) is 12.4. The van der Waals surface area contributed by atoms with Crippen molar-refractivity contribution in [3.63, 3.8) is 0 Å². The second kappa shape index (κ2) is 6.89. The molecule has 0 aliphatic heterocycles. The first-order valence-electron chi connectivity index (χ1n) is 5.04. The van der Waals surface area contributed by atoms with E-state index in [-0.39, 0.29) is 6.04 Å². The van der Waals surface area contributed by atoms with Gasteiger partial charge in [0.1, 0.15) is 6.04 Å². The van der Waals surface area contributed by atoms with Gasteiger partial charge in [-0.15, -0.1) is 0 Å². The van der Waals surface area contributed by atoms with Gasteiger partial charge < -0.3 is 10.4 Å². The van der Waals surface area contributed by atoms with Crippen LogP contribution in [0.3, 0.4) is 0 Å². The number of unbranched alkanes of at least 4 members (excludes halogenated alkanes) is 1. The van der Waals surface area contributed by atoms with Gasteiger partial charge in [-0.05, 0) is 18.9 Å². The lowest BCUT2D eigenvalue weighted by molar-refractivity contribution is -0.139. The fourth-order valence-electron chi connectivity index (χ4n) is 1.10. The minimum atomic E-state index is -0.728. The summed E-state index contributed by atoms with van der Waals surface area (Å²) in [6.07, 6.45) is 2.76. The third-order valence-electron chi connectivity index (χ3n) is 1.92. The van der Waals surface area contributed by atoms with Crippen molar-refractivity contribution in [1.29, 1.82) is 0 Å². The molecule has 0 spiro atoms. The average molecular weight is 187 g/mol. The third kappa shape index (κ3) is 6.58. The summed E-state index contributed by atoms with van der Waals surface area (Å²) in [5.41, 5.74) is 0. The van der Waals surface area contributed by atoms with Crippen LogP contribution in [0.25, 0.3) is 0 Å². The number of carbonyl (C=O) groups is 1. The third-order valence-corrected chi connectivity index (χ3v) is 1.92. The van der Waals surface area contributed by atoms with Crippen LogP contribution in [-0.2, 0) is 4.79 Å². The highest BCUT2D eigenvalue weighted by Crippen LogP contribution is 2.01. The maximum absolute atomic E-state index is 10.8. The molecule has 0 aromatic rings. The van der Waals surface area contributed by atoms with Gasteiger partial charge >= 0.3 is 5.97 Å². The molecule has 0 heterocycles. The summed E-state index contributed by atoms with van der Waals surface area (Å²) in [6.45, 7) is 7.00. The van der Waals surface area contributed by atoms with Crippen LogP contribution in [0, 0.1) is 5.92 Å². The van der Waals surface area contributed by atoms with Gasteiger partial charge in [0.25, 0.3) is 0 Å². The van der Waals surface area contributed by atoms with E-state index >= 15 is 0 Å². The van der Waals surface area contributed by atoms with Crippen molar-refractivity contribution in [2.45, 2.75) is 46.1 Å². The molecule has 13 heavy (non-hydrogen) atoms. The van der Waals surface area contributed by atoms with Crippen molar-refractivity contribution in [2.75, 3.05) is 6.54 Å². The van der Waals surface area contributed by atoms with E-state index in [4.69, 9.17) is 5.11 Å². The molecule has 0 saturated carbocycles. The van der Waals surface area contributed by atoms with Gasteiger partial charge in [-0.3, -0.25) is 4.79 Å². The molecule has 2 N–H and O–H groups in total. The highest BCUT2D eigenvalue weighted by Gasteiger charge is 2.15. The van der Waals surface area contributed by atoms with Crippen molar-refractivity contribution in [2.24, 2.45) is 5.92 Å². The topological polar surface area (TPSA) is 49.3 Å². The second-order valence-corrected chi connectivity index (χ2v) is 3.84. The lowest BCUT2D eigenvalue weighted by Gasteiger charge is -2.15. The van der Waals surface area contributed by atoms with E-state index in [1.54, 1.807) is 0 Å². The molecule has 0 rings (SSSR count). The first-order valence-corrected chi connectivity index (χ1v) is 5.04. The molecule has 1 atom stereocenters. The van der Waals surface area contributed by atoms with Crippen LogP contribution in [0.15, 0.2) is 0 Å². The van der Waals surface area contributed by atoms with Crippen LogP contribution >= 0.6 is 0 Å². The van der Waals surface area contributed by atoms with Crippen LogP contribution in [0.4, 0.5) is 0 Å². The summed E-state index contributed by atoms with van der Waals surface area (Å²) < 4.78 is 0. The van der Waals surface area contributed by atoms with Gasteiger partial charge in [-0.2, -0.15) is 0 Å². The van der Waals surface area contributed by atoms with E-state index in [2.05, 4.69) is 26.1 Å². The van der Waals surface area contributed by atoms with Crippen LogP contribution in [0.1, 0.15) is 40.0 Å². The predicted molar refractivity (Wildman–Crippen MR) is 53.8 cm³/mol. The Morgan fingerprint density at radius 3 is 2.46 bits per heavy atom. The monoisotopic (exact) mass is 187 g/mol. The lowest BCUT2D eigenvalue weighted by Crippen LogP contribution is -2.38. The van der Waals surface area contributed by atoms with Gasteiger partial charge in [0.15, 0.2) is 0 Å². The molecule has 1 unspecified atom stereocenters. The number of aliphatic carboxylic acids is 1. The molecule has 0 amide bonds. The van der Waals surface area contributed by atoms with Crippen molar-refractivity contribution in [1.82, 2.24) is 5.32 Å². The molecular formula is C10H21NO2. The van der Waals surface area contributed by atoms with Crippen molar-refractivity contribution < 1.29 is 9.90 Å². The molecule has 78 valence electrons. The summed E-state index contributed by atoms with van der Waals surface area (Å²) in [4.78, 5) is 10.8. The number of hydrogen-bond donors (Lipinski definition) is 2. The second-order valence-electron chi connectivity index (χ2n) is 3.84. The summed E-state index contributed by atoms with van der Waals surface area (Å²) in [5, 5.41) is 11.9. The van der Waals surface area contributed by atoms with E-state index in [1.165, 1.54) is 0 Å². The molecule has 0 aliphatic rings. The molecule has 0 aromatic carbocycles. The van der Waals surface area contributed by atoms with Crippen LogP contribution < -0.4 is 5.32 Å². The summed E-state index contributed by atoms with van der Waals surface area (Å²) in [6, 6.07) is -0.359. The number of rotatable bonds is 7. The quantitative estimate of drug-likeness (QED) is 0.639. The smallest absolute Gasteiger partial charge is 0.320 e. The van der Waals surface area contributed by atoms with Gasteiger partial charge in [0.05, 0.1) is 0 Å². The number of hydrogen-bond acceptors (Lipinski definition) is 2. The number of carboxylic acid groups (broad SMARTS) is 1. The zero-order chi connectivity index (χ0) is 10.3. The fourth-order valence-corrected chi connectivity index (χ4v) is 1.10. The standard InChI is InChI=1S/C10H21NO2/c1-4-5-6-9(10(12)13)11-7-8(2)3/h8-9,11H,4-7H2,1-3H3,(H,12,13). The van der Waals surface area contributed by atoms with Crippen LogP contribution in [0.5, 0.6) is 0 Å². The molecule has 0 aromatic heterocycles. The van der Waals surface area contributed by atoms with Crippen molar-refractivity contribution >= 4 is 5.97 Å². The minimum Gasteiger partial charge on any atom is -0.480 e. The molecule has 0 fully saturated rings. The summed E-state index contributed by atoms with van der Waals surface area (Å²) >= 11 is 0. The lowest BCUT2D eigenvalue weighted by atomic mass is 10.1. The molecule has 0 radical (unpaired) electrons. The Balaban J connectivity index is 3.74. The van der Waals surface area contributed by atoms with E-state index in [9.17, 15) is 4.79 Å². The van der Waals surface area contributed by atoms with Gasteiger partial charge in [0.2, 0.25) is 0 Å². The Labute approximate surface area is 80.5 Å². The zero-order valence-electron chi connectivity index (χ0n) is 8.84. The highest BCUT2D eigenvalue weighted by atomic mass is 16.4. The Bertz CT molecular complexity index is 146. The van der Waals surface area contributed by atoms with Crippen LogP contribution in [0.2, 0.25) is 0 Å². The average Bonchev–Trinajstić information content (AvgIpc) is 2.03. The Morgan fingerprint density at radius 1 is 1.46 bits per heavy atom. The van der Waals surface area contributed by atoms with Gasteiger partial charge in [0, 0.05) is 0 Å². The molecular weight excluding hydrogens is 166 g/mol.